The van der Waals surface area contributed by atoms with Crippen LogP contribution in [0.4, 0.5) is 0 Å². The summed E-state index contributed by atoms with van der Waals surface area (Å²) in [5.74, 6) is 1.01. The van der Waals surface area contributed by atoms with Crippen molar-refractivity contribution in [2.75, 3.05) is 0 Å². The first-order valence-corrected chi connectivity index (χ1v) is 13.3. The zero-order chi connectivity index (χ0) is 26.6. The Morgan fingerprint density at radius 3 is 2.23 bits per heavy atom. The van der Waals surface area contributed by atoms with Crippen LogP contribution in [-0.4, -0.2) is 20.9 Å². The first-order valence-electron chi connectivity index (χ1n) is 13.3. The molecule has 0 aliphatic carbocycles. The van der Waals surface area contributed by atoms with Gasteiger partial charge in [-0.15, -0.1) is 0 Å². The molecule has 0 fully saturated rings. The van der Waals surface area contributed by atoms with Crippen LogP contribution in [0.1, 0.15) is 36.2 Å². The molecule has 4 aromatic carbocycles. The van der Waals surface area contributed by atoms with Crippen molar-refractivity contribution in [3.05, 3.63) is 138 Å². The number of nitrogens with two attached hydrogens (primary N) is 1. The van der Waals surface area contributed by atoms with Crippen molar-refractivity contribution < 1.29 is 0 Å². The quantitative estimate of drug-likeness (QED) is 0.203. The predicted molar refractivity (Wildman–Crippen MR) is 161 cm³/mol. The van der Waals surface area contributed by atoms with E-state index in [9.17, 15) is 0 Å². The maximum absolute atomic E-state index is 6.95. The van der Waals surface area contributed by atoms with Crippen LogP contribution in [0.5, 0.6) is 0 Å². The number of para-hydroxylation sites is 2. The second-order valence-electron chi connectivity index (χ2n) is 10.6. The molecule has 5 nitrogen and oxygen atoms in total. The maximum atomic E-state index is 6.95. The standard InChI is InChI=1S/C34H29N5/c1-34(2)27-18-10-12-20-29(27)38-22-26-25-17-9-11-19-28(25)39(30(26)31(34)38)33(35)37-32(24-15-7-4-8-16-24)36-21-23-13-5-3-6-14-23/h3-20,22H,21H2,1-2H3,(H2,35,36,37). The van der Waals surface area contributed by atoms with Crippen LogP contribution >= 0.6 is 0 Å². The summed E-state index contributed by atoms with van der Waals surface area (Å²) in [5, 5.41) is 2.33. The highest BCUT2D eigenvalue weighted by molar-refractivity contribution is 6.17. The van der Waals surface area contributed by atoms with Crippen molar-refractivity contribution >= 4 is 33.6 Å². The van der Waals surface area contributed by atoms with Gasteiger partial charge in [0.15, 0.2) is 5.84 Å². The second-order valence-corrected chi connectivity index (χ2v) is 10.6. The topological polar surface area (TPSA) is 60.6 Å². The van der Waals surface area contributed by atoms with Crippen molar-refractivity contribution in [2.45, 2.75) is 25.8 Å². The fourth-order valence-electron chi connectivity index (χ4n) is 5.99. The predicted octanol–water partition coefficient (Wildman–Crippen LogP) is 7.03. The summed E-state index contributed by atoms with van der Waals surface area (Å²) in [6, 6.07) is 37.3. The summed E-state index contributed by atoms with van der Waals surface area (Å²) >= 11 is 0. The van der Waals surface area contributed by atoms with Gasteiger partial charge >= 0.3 is 0 Å². The smallest absolute Gasteiger partial charge is 0.207 e. The van der Waals surface area contributed by atoms with Crippen molar-refractivity contribution in [1.82, 2.24) is 9.13 Å². The Bertz CT molecular complexity index is 1900. The highest BCUT2D eigenvalue weighted by atomic mass is 15.2. The third kappa shape index (κ3) is 3.62. The third-order valence-corrected chi connectivity index (χ3v) is 7.80. The minimum Gasteiger partial charge on any atom is -0.369 e. The number of fused-ring (bicyclic) bond motifs is 7. The van der Waals surface area contributed by atoms with E-state index in [0.717, 1.165) is 27.5 Å². The average molecular weight is 508 g/mol. The maximum Gasteiger partial charge on any atom is 0.207 e. The average Bonchev–Trinajstić information content (AvgIpc) is 3.58. The van der Waals surface area contributed by atoms with E-state index in [0.29, 0.717) is 18.3 Å². The van der Waals surface area contributed by atoms with Gasteiger partial charge in [0.25, 0.3) is 0 Å². The van der Waals surface area contributed by atoms with Gasteiger partial charge in [-0.2, -0.15) is 4.99 Å². The highest BCUT2D eigenvalue weighted by Gasteiger charge is 2.39. The van der Waals surface area contributed by atoms with Gasteiger partial charge in [0.05, 0.1) is 23.3 Å². The lowest BCUT2D eigenvalue weighted by molar-refractivity contribution is 0.646. The molecule has 0 saturated heterocycles. The Kier molecular flexibility index (Phi) is 5.27. The molecule has 39 heavy (non-hydrogen) atoms. The number of rotatable bonds is 3. The molecule has 1 aliphatic rings. The lowest BCUT2D eigenvalue weighted by Crippen LogP contribution is -2.26. The van der Waals surface area contributed by atoms with Crippen LogP contribution in [0, 0.1) is 0 Å². The fraction of sp³-hybridized carbons (Fsp3) is 0.118. The summed E-state index contributed by atoms with van der Waals surface area (Å²) in [7, 11) is 0. The molecule has 1 aliphatic heterocycles. The molecule has 6 aromatic rings. The SMILES string of the molecule is CC1(C)c2ccccc2-n2cc3c4ccccc4n(C(N)=NC(=NCc4ccccc4)c4ccccc4)c3c21. The summed E-state index contributed by atoms with van der Waals surface area (Å²) < 4.78 is 4.45. The molecule has 190 valence electrons. The summed E-state index contributed by atoms with van der Waals surface area (Å²) in [5.41, 5.74) is 14.7. The molecular weight excluding hydrogens is 478 g/mol. The third-order valence-electron chi connectivity index (χ3n) is 7.80. The van der Waals surface area contributed by atoms with Gasteiger partial charge < -0.3 is 10.3 Å². The van der Waals surface area contributed by atoms with E-state index >= 15 is 0 Å². The van der Waals surface area contributed by atoms with Gasteiger partial charge in [0.2, 0.25) is 5.96 Å². The number of amidine groups is 1. The molecule has 5 heteroatoms. The molecule has 2 aromatic heterocycles. The molecule has 7 rings (SSSR count). The largest absolute Gasteiger partial charge is 0.369 e. The first kappa shape index (κ1) is 23.2. The Balaban J connectivity index is 1.46. The van der Waals surface area contributed by atoms with E-state index < -0.39 is 0 Å². The van der Waals surface area contributed by atoms with Gasteiger partial charge in [0, 0.05) is 33.6 Å². The van der Waals surface area contributed by atoms with Crippen molar-refractivity contribution in [2.24, 2.45) is 15.7 Å². The minimum atomic E-state index is -0.200. The van der Waals surface area contributed by atoms with Crippen molar-refractivity contribution in [3.8, 4) is 5.69 Å². The monoisotopic (exact) mass is 507 g/mol. The molecule has 0 amide bonds. The molecule has 2 N–H and O–H groups in total. The van der Waals surface area contributed by atoms with Crippen molar-refractivity contribution in [3.63, 3.8) is 0 Å². The Morgan fingerprint density at radius 1 is 0.769 bits per heavy atom. The number of nitrogens with zero attached hydrogens (tertiary/aromatic N) is 4. The van der Waals surface area contributed by atoms with E-state index in [4.69, 9.17) is 15.7 Å². The zero-order valence-corrected chi connectivity index (χ0v) is 22.0. The van der Waals surface area contributed by atoms with Crippen LogP contribution < -0.4 is 5.73 Å². The first-order chi connectivity index (χ1) is 19.0. The molecular formula is C34H29N5. The number of aliphatic imine (C=N–C) groups is 2. The fourth-order valence-corrected chi connectivity index (χ4v) is 5.99. The number of hydrogen-bond acceptors (Lipinski definition) is 1. The van der Waals surface area contributed by atoms with E-state index in [2.05, 4.69) is 89.8 Å². The molecule has 0 spiro atoms. The van der Waals surface area contributed by atoms with Gasteiger partial charge in [-0.1, -0.05) is 111 Å². The van der Waals surface area contributed by atoms with Gasteiger partial charge in [-0.05, 0) is 23.3 Å². The van der Waals surface area contributed by atoms with Gasteiger partial charge in [-0.25, -0.2) is 0 Å². The van der Waals surface area contributed by atoms with Crippen LogP contribution in [0.15, 0.2) is 125 Å². The lowest BCUT2D eigenvalue weighted by atomic mass is 9.83. The zero-order valence-electron chi connectivity index (χ0n) is 22.0. The normalized spacial score (nSPS) is 14.6. The van der Waals surface area contributed by atoms with Crippen LogP contribution in [0.3, 0.4) is 0 Å². The minimum absolute atomic E-state index is 0.200. The number of hydrogen-bond donors (Lipinski definition) is 1. The number of aromatic nitrogens is 2. The Hall–Kier alpha value is -4.90. The van der Waals surface area contributed by atoms with Gasteiger partial charge in [-0.3, -0.25) is 9.56 Å². The Labute approximate surface area is 227 Å². The number of benzene rings is 4. The van der Waals surface area contributed by atoms with Crippen molar-refractivity contribution in [1.29, 1.82) is 0 Å². The summed E-state index contributed by atoms with van der Waals surface area (Å²) in [6.07, 6.45) is 2.26. The summed E-state index contributed by atoms with van der Waals surface area (Å²) in [6.45, 7) is 5.10. The molecule has 0 saturated carbocycles. The second kappa shape index (κ2) is 8.84. The highest BCUT2D eigenvalue weighted by Crippen LogP contribution is 2.48. The molecule has 3 heterocycles. The van der Waals surface area contributed by atoms with E-state index in [1.165, 1.54) is 22.3 Å². The lowest BCUT2D eigenvalue weighted by Gasteiger charge is -2.20. The van der Waals surface area contributed by atoms with Gasteiger partial charge in [0.1, 0.15) is 0 Å². The molecule has 0 radical (unpaired) electrons. The molecule has 0 unspecified atom stereocenters. The van der Waals surface area contributed by atoms with E-state index in [1.807, 2.05) is 48.5 Å². The Morgan fingerprint density at radius 2 is 1.44 bits per heavy atom. The van der Waals surface area contributed by atoms with Crippen LogP contribution in [-0.2, 0) is 12.0 Å². The summed E-state index contributed by atoms with van der Waals surface area (Å²) in [4.78, 5) is 9.93. The van der Waals surface area contributed by atoms with E-state index in [-0.39, 0.29) is 5.41 Å². The molecule has 0 bridgehead atoms. The molecule has 0 atom stereocenters. The van der Waals surface area contributed by atoms with Crippen LogP contribution in [0.25, 0.3) is 27.5 Å². The van der Waals surface area contributed by atoms with E-state index in [1.54, 1.807) is 0 Å². The van der Waals surface area contributed by atoms with Crippen LogP contribution in [0.2, 0.25) is 0 Å².